The molecule has 0 aliphatic rings. The second-order valence-electron chi connectivity index (χ2n) is 2.76. The van der Waals surface area contributed by atoms with Crippen molar-refractivity contribution in [3.8, 4) is 0 Å². The van der Waals surface area contributed by atoms with E-state index in [1.54, 1.807) is 18.2 Å². The summed E-state index contributed by atoms with van der Waals surface area (Å²) in [7, 11) is 0. The van der Waals surface area contributed by atoms with E-state index in [-0.39, 0.29) is 5.58 Å². The fraction of sp³-hybridized carbons (Fsp3) is 0. The lowest BCUT2D eigenvalue weighted by atomic mass is 9.88. The summed E-state index contributed by atoms with van der Waals surface area (Å²) in [4.78, 5) is 0. The Bertz CT molecular complexity index is 399. The molecule has 0 spiro atoms. The summed E-state index contributed by atoms with van der Waals surface area (Å²) in [6.45, 7) is -5.02. The third kappa shape index (κ3) is 1.41. The Balaban J connectivity index is 2.63. The quantitative estimate of drug-likeness (QED) is 0.622. The third-order valence-electron chi connectivity index (χ3n) is 1.77. The molecule has 1 heterocycles. The average molecular weight is 185 g/mol. The van der Waals surface area contributed by atoms with E-state index in [9.17, 15) is 12.9 Å². The molecular formula is C8H5BF3O-. The Morgan fingerprint density at radius 2 is 1.77 bits per heavy atom. The van der Waals surface area contributed by atoms with Gasteiger partial charge in [0.25, 0.3) is 0 Å². The third-order valence-corrected chi connectivity index (χ3v) is 1.77. The van der Waals surface area contributed by atoms with Gasteiger partial charge in [0.2, 0.25) is 0 Å². The number of rotatable bonds is 1. The van der Waals surface area contributed by atoms with Crippen LogP contribution in [0.3, 0.4) is 0 Å². The van der Waals surface area contributed by atoms with Crippen LogP contribution in [0.1, 0.15) is 0 Å². The van der Waals surface area contributed by atoms with Gasteiger partial charge < -0.3 is 17.4 Å². The first-order chi connectivity index (χ1) is 6.07. The highest BCUT2D eigenvalue weighted by Gasteiger charge is 2.30. The summed E-state index contributed by atoms with van der Waals surface area (Å²) in [5, 5.41) is 0.483. The lowest BCUT2D eigenvalue weighted by molar-refractivity contribution is 0.473. The topological polar surface area (TPSA) is 13.1 Å². The van der Waals surface area contributed by atoms with E-state index in [0.29, 0.717) is 5.39 Å². The number of furan rings is 1. The van der Waals surface area contributed by atoms with Crippen molar-refractivity contribution < 1.29 is 17.4 Å². The monoisotopic (exact) mass is 185 g/mol. The maximum atomic E-state index is 12.2. The fourth-order valence-corrected chi connectivity index (χ4v) is 1.16. The second-order valence-corrected chi connectivity index (χ2v) is 2.76. The Hall–Kier alpha value is -1.39. The molecule has 0 bridgehead atoms. The van der Waals surface area contributed by atoms with Crippen LogP contribution in [-0.2, 0) is 0 Å². The molecule has 2 aromatic rings. The zero-order valence-electron chi connectivity index (χ0n) is 6.51. The van der Waals surface area contributed by atoms with Gasteiger partial charge in [-0.1, -0.05) is 18.2 Å². The molecule has 13 heavy (non-hydrogen) atoms. The molecule has 0 aliphatic carbocycles. The molecule has 0 aliphatic heterocycles. The molecule has 1 aromatic carbocycles. The van der Waals surface area contributed by atoms with Crippen LogP contribution in [0.2, 0.25) is 0 Å². The molecule has 0 fully saturated rings. The maximum Gasteiger partial charge on any atom is 0.544 e. The number of benzene rings is 1. The average Bonchev–Trinajstić information content (AvgIpc) is 2.45. The molecule has 0 saturated heterocycles. The van der Waals surface area contributed by atoms with E-state index in [4.69, 9.17) is 0 Å². The van der Waals surface area contributed by atoms with Crippen molar-refractivity contribution in [1.82, 2.24) is 0 Å². The minimum Gasteiger partial charge on any atom is -0.493 e. The highest BCUT2D eigenvalue weighted by molar-refractivity contribution is 6.72. The molecule has 0 radical (unpaired) electrons. The Kier molecular flexibility index (Phi) is 1.61. The van der Waals surface area contributed by atoms with Crippen LogP contribution >= 0.6 is 0 Å². The van der Waals surface area contributed by atoms with Crippen LogP contribution in [0.15, 0.2) is 34.7 Å². The number of para-hydroxylation sites is 1. The molecule has 0 atom stereocenters. The normalized spacial score (nSPS) is 12.2. The summed E-state index contributed by atoms with van der Waals surface area (Å²) in [6.07, 6.45) is 0. The largest absolute Gasteiger partial charge is 0.544 e. The van der Waals surface area contributed by atoms with Crippen LogP contribution in [0.5, 0.6) is 0 Å². The van der Waals surface area contributed by atoms with Gasteiger partial charge in [0.1, 0.15) is 5.58 Å². The standard InChI is InChI=1S/C8H5BF3O/c10-9(11,12)8-5-6-3-1-2-4-7(6)13-8/h1-5H/q-1. The van der Waals surface area contributed by atoms with Crippen LogP contribution in [0.4, 0.5) is 12.9 Å². The molecule has 0 unspecified atom stereocenters. The second kappa shape index (κ2) is 2.55. The Morgan fingerprint density at radius 3 is 2.38 bits per heavy atom. The predicted octanol–water partition coefficient (Wildman–Crippen LogP) is 2.49. The van der Waals surface area contributed by atoms with Crippen molar-refractivity contribution in [3.05, 3.63) is 30.3 Å². The van der Waals surface area contributed by atoms with E-state index in [1.165, 1.54) is 6.07 Å². The van der Waals surface area contributed by atoms with Gasteiger partial charge in [-0.15, -0.1) is 0 Å². The van der Waals surface area contributed by atoms with Crippen molar-refractivity contribution in [2.75, 3.05) is 0 Å². The number of hydrogen-bond donors (Lipinski definition) is 0. The molecule has 2 rings (SSSR count). The maximum absolute atomic E-state index is 12.2. The van der Waals surface area contributed by atoms with E-state index in [0.717, 1.165) is 6.07 Å². The lowest BCUT2D eigenvalue weighted by Gasteiger charge is -2.08. The number of fused-ring (bicyclic) bond motifs is 1. The Morgan fingerprint density at radius 1 is 1.08 bits per heavy atom. The molecule has 0 N–H and O–H groups in total. The predicted molar refractivity (Wildman–Crippen MR) is 44.9 cm³/mol. The summed E-state index contributed by atoms with van der Waals surface area (Å²) in [5.74, 6) is 0. The van der Waals surface area contributed by atoms with E-state index < -0.39 is 12.6 Å². The van der Waals surface area contributed by atoms with Crippen molar-refractivity contribution >= 4 is 23.6 Å². The first kappa shape index (κ1) is 8.22. The van der Waals surface area contributed by atoms with Gasteiger partial charge in [-0.05, 0) is 12.1 Å². The molecule has 5 heteroatoms. The van der Waals surface area contributed by atoms with Crippen molar-refractivity contribution in [3.63, 3.8) is 0 Å². The van der Waals surface area contributed by atoms with E-state index in [2.05, 4.69) is 4.42 Å². The summed E-state index contributed by atoms with van der Waals surface area (Å²) in [5.41, 5.74) is -0.613. The summed E-state index contributed by atoms with van der Waals surface area (Å²) < 4.78 is 41.2. The molecule has 68 valence electrons. The van der Waals surface area contributed by atoms with Gasteiger partial charge in [-0.3, -0.25) is 0 Å². The molecular weight excluding hydrogens is 180 g/mol. The van der Waals surface area contributed by atoms with Crippen molar-refractivity contribution in [1.29, 1.82) is 0 Å². The minimum absolute atomic E-state index is 0.275. The molecule has 1 nitrogen and oxygen atoms in total. The molecule has 1 aromatic heterocycles. The zero-order valence-corrected chi connectivity index (χ0v) is 6.51. The van der Waals surface area contributed by atoms with Gasteiger partial charge in [0.15, 0.2) is 0 Å². The van der Waals surface area contributed by atoms with Gasteiger partial charge >= 0.3 is 6.98 Å². The summed E-state index contributed by atoms with van der Waals surface area (Å²) in [6, 6.07) is 7.43. The first-order valence-electron chi connectivity index (χ1n) is 3.76. The van der Waals surface area contributed by atoms with Crippen LogP contribution < -0.4 is 5.66 Å². The number of halogens is 3. The van der Waals surface area contributed by atoms with Crippen molar-refractivity contribution in [2.24, 2.45) is 0 Å². The van der Waals surface area contributed by atoms with Crippen molar-refractivity contribution in [2.45, 2.75) is 0 Å². The van der Waals surface area contributed by atoms with Crippen LogP contribution in [0.25, 0.3) is 11.0 Å². The van der Waals surface area contributed by atoms with Crippen LogP contribution in [-0.4, -0.2) is 6.98 Å². The molecule has 0 saturated carbocycles. The lowest BCUT2D eigenvalue weighted by Crippen LogP contribution is -2.32. The smallest absolute Gasteiger partial charge is 0.493 e. The molecule has 0 amide bonds. The first-order valence-corrected chi connectivity index (χ1v) is 3.76. The SMILES string of the molecule is F[B-](F)(F)c1cc2ccccc2o1. The van der Waals surface area contributed by atoms with E-state index >= 15 is 0 Å². The van der Waals surface area contributed by atoms with Gasteiger partial charge in [-0.25, -0.2) is 0 Å². The summed E-state index contributed by atoms with van der Waals surface area (Å²) >= 11 is 0. The Labute approximate surface area is 72.2 Å². The highest BCUT2D eigenvalue weighted by atomic mass is 19.4. The van der Waals surface area contributed by atoms with Crippen LogP contribution in [0, 0.1) is 0 Å². The zero-order chi connectivity index (χ0) is 9.47. The number of hydrogen-bond acceptors (Lipinski definition) is 1. The van der Waals surface area contributed by atoms with Gasteiger partial charge in [0.05, 0.1) is 0 Å². The minimum atomic E-state index is -5.02. The fourth-order valence-electron chi connectivity index (χ4n) is 1.16. The van der Waals surface area contributed by atoms with Gasteiger partial charge in [-0.2, -0.15) is 0 Å². The highest BCUT2D eigenvalue weighted by Crippen LogP contribution is 2.17. The van der Waals surface area contributed by atoms with E-state index in [1.807, 2.05) is 0 Å². The van der Waals surface area contributed by atoms with Gasteiger partial charge in [0, 0.05) is 11.0 Å².